The molecule has 1 amide bonds. The lowest BCUT2D eigenvalue weighted by Gasteiger charge is -2.13. The van der Waals surface area contributed by atoms with E-state index in [1.807, 2.05) is 0 Å². The van der Waals surface area contributed by atoms with E-state index in [0.717, 1.165) is 0 Å². The number of carbonyl (C=O) groups excluding carboxylic acids is 1. The van der Waals surface area contributed by atoms with E-state index in [9.17, 15) is 9.59 Å². The molecule has 88 valence electrons. The fourth-order valence-electron chi connectivity index (χ4n) is 0.880. The Morgan fingerprint density at radius 1 is 1.40 bits per heavy atom. The molecule has 0 aliphatic rings. The van der Waals surface area contributed by atoms with Gasteiger partial charge in [-0.25, -0.2) is 4.79 Å². The molecule has 0 saturated heterocycles. The summed E-state index contributed by atoms with van der Waals surface area (Å²) >= 11 is 0. The summed E-state index contributed by atoms with van der Waals surface area (Å²) in [6, 6.07) is -0.119. The molecule has 6 heteroatoms. The predicted octanol–water partition coefficient (Wildman–Crippen LogP) is -0.373. The average Bonchev–Trinajstić information content (AvgIpc) is 2.14. The van der Waals surface area contributed by atoms with Crippen LogP contribution in [0.5, 0.6) is 0 Å². The van der Waals surface area contributed by atoms with Crippen molar-refractivity contribution in [3.63, 3.8) is 0 Å². The standard InChI is InChI=1S/C9H17NO5/c1-6(4-14-3)10-8(11)5-15-7(2)9(12)13/h6-7H,4-5H2,1-3H3,(H,10,11)(H,12,13). The number of aliphatic carboxylic acids is 1. The minimum absolute atomic E-state index is 0.119. The maximum atomic E-state index is 11.2. The van der Waals surface area contributed by atoms with Crippen LogP contribution in [0.4, 0.5) is 0 Å². The molecule has 6 nitrogen and oxygen atoms in total. The van der Waals surface area contributed by atoms with Crippen LogP contribution in [0.3, 0.4) is 0 Å². The van der Waals surface area contributed by atoms with Crippen LogP contribution in [0.25, 0.3) is 0 Å². The largest absolute Gasteiger partial charge is 0.479 e. The molecule has 0 aromatic rings. The third kappa shape index (κ3) is 6.87. The van der Waals surface area contributed by atoms with Gasteiger partial charge in [-0.1, -0.05) is 0 Å². The molecule has 2 atom stereocenters. The Morgan fingerprint density at radius 2 is 2.00 bits per heavy atom. The smallest absolute Gasteiger partial charge is 0.332 e. The SMILES string of the molecule is COCC(C)NC(=O)COC(C)C(=O)O. The quantitative estimate of drug-likeness (QED) is 0.610. The van der Waals surface area contributed by atoms with Crippen molar-refractivity contribution in [2.45, 2.75) is 26.0 Å². The van der Waals surface area contributed by atoms with Gasteiger partial charge in [-0.05, 0) is 13.8 Å². The van der Waals surface area contributed by atoms with E-state index < -0.39 is 12.1 Å². The van der Waals surface area contributed by atoms with Crippen LogP contribution >= 0.6 is 0 Å². The zero-order valence-corrected chi connectivity index (χ0v) is 9.15. The summed E-state index contributed by atoms with van der Waals surface area (Å²) in [6.45, 7) is 3.29. The van der Waals surface area contributed by atoms with Crippen LogP contribution in [-0.4, -0.2) is 49.5 Å². The average molecular weight is 219 g/mol. The highest BCUT2D eigenvalue weighted by molar-refractivity contribution is 5.78. The molecule has 15 heavy (non-hydrogen) atoms. The van der Waals surface area contributed by atoms with Gasteiger partial charge in [0.25, 0.3) is 0 Å². The first kappa shape index (κ1) is 13.9. The van der Waals surface area contributed by atoms with Gasteiger partial charge in [0.2, 0.25) is 5.91 Å². The van der Waals surface area contributed by atoms with E-state index in [4.69, 9.17) is 14.6 Å². The van der Waals surface area contributed by atoms with Crippen LogP contribution < -0.4 is 5.32 Å². The minimum atomic E-state index is -1.09. The molecule has 0 bridgehead atoms. The lowest BCUT2D eigenvalue weighted by Crippen LogP contribution is -2.39. The molecule has 2 N–H and O–H groups in total. The highest BCUT2D eigenvalue weighted by Crippen LogP contribution is 1.90. The molecule has 0 spiro atoms. The number of amides is 1. The van der Waals surface area contributed by atoms with Crippen LogP contribution in [0.2, 0.25) is 0 Å². The van der Waals surface area contributed by atoms with Gasteiger partial charge in [0.1, 0.15) is 6.61 Å². The van der Waals surface area contributed by atoms with Crippen LogP contribution in [0.1, 0.15) is 13.8 Å². The number of carboxylic acids is 1. The lowest BCUT2D eigenvalue weighted by molar-refractivity contribution is -0.150. The van der Waals surface area contributed by atoms with Crippen molar-refractivity contribution in [2.24, 2.45) is 0 Å². The monoisotopic (exact) mass is 219 g/mol. The fraction of sp³-hybridized carbons (Fsp3) is 0.778. The summed E-state index contributed by atoms with van der Waals surface area (Å²) in [6.07, 6.45) is -0.978. The molecular formula is C9H17NO5. The Hall–Kier alpha value is -1.14. The first-order chi connectivity index (χ1) is 6.97. The third-order valence-electron chi connectivity index (χ3n) is 1.64. The number of hydrogen-bond donors (Lipinski definition) is 2. The summed E-state index contributed by atoms with van der Waals surface area (Å²) < 4.78 is 9.61. The van der Waals surface area contributed by atoms with Gasteiger partial charge in [-0.3, -0.25) is 4.79 Å². The van der Waals surface area contributed by atoms with Crippen molar-refractivity contribution in [3.05, 3.63) is 0 Å². The van der Waals surface area contributed by atoms with E-state index in [1.54, 1.807) is 6.92 Å². The van der Waals surface area contributed by atoms with Crippen LogP contribution in [0, 0.1) is 0 Å². The normalized spacial score (nSPS) is 14.3. The molecule has 2 unspecified atom stereocenters. The number of nitrogens with one attached hydrogen (secondary N) is 1. The second kappa shape index (κ2) is 7.19. The number of rotatable bonds is 7. The number of hydrogen-bond acceptors (Lipinski definition) is 4. The Balaban J connectivity index is 3.70. The van der Waals surface area contributed by atoms with Crippen molar-refractivity contribution < 1.29 is 24.2 Å². The minimum Gasteiger partial charge on any atom is -0.479 e. The van der Waals surface area contributed by atoms with Crippen molar-refractivity contribution in [1.82, 2.24) is 5.32 Å². The van der Waals surface area contributed by atoms with Gasteiger partial charge in [-0.2, -0.15) is 0 Å². The maximum absolute atomic E-state index is 11.2. The number of ether oxygens (including phenoxy) is 2. The van der Waals surface area contributed by atoms with Gasteiger partial charge in [0, 0.05) is 13.2 Å². The van der Waals surface area contributed by atoms with E-state index in [-0.39, 0.29) is 18.6 Å². The topological polar surface area (TPSA) is 84.9 Å². The molecule has 0 aliphatic carbocycles. The van der Waals surface area contributed by atoms with Gasteiger partial charge in [0.15, 0.2) is 6.10 Å². The van der Waals surface area contributed by atoms with E-state index in [2.05, 4.69) is 5.32 Å². The second-order valence-corrected chi connectivity index (χ2v) is 3.22. The van der Waals surface area contributed by atoms with E-state index in [1.165, 1.54) is 14.0 Å². The number of methoxy groups -OCH3 is 1. The molecule has 0 radical (unpaired) electrons. The van der Waals surface area contributed by atoms with E-state index >= 15 is 0 Å². The number of carboxylic acid groups (broad SMARTS) is 1. The molecule has 0 aliphatic heterocycles. The highest BCUT2D eigenvalue weighted by atomic mass is 16.5. The Labute approximate surface area is 88.6 Å². The molecule has 0 aromatic carbocycles. The third-order valence-corrected chi connectivity index (χ3v) is 1.64. The molecule has 0 heterocycles. The van der Waals surface area contributed by atoms with E-state index in [0.29, 0.717) is 6.61 Å². The van der Waals surface area contributed by atoms with Gasteiger partial charge in [-0.15, -0.1) is 0 Å². The van der Waals surface area contributed by atoms with Gasteiger partial charge in [0.05, 0.1) is 6.61 Å². The second-order valence-electron chi connectivity index (χ2n) is 3.22. The molecule has 0 fully saturated rings. The fourth-order valence-corrected chi connectivity index (χ4v) is 0.880. The summed E-state index contributed by atoms with van der Waals surface area (Å²) in [5.74, 6) is -1.44. The van der Waals surface area contributed by atoms with Crippen LogP contribution in [0.15, 0.2) is 0 Å². The molecular weight excluding hydrogens is 202 g/mol. The van der Waals surface area contributed by atoms with Crippen molar-refractivity contribution in [2.75, 3.05) is 20.3 Å². The Kier molecular flexibility index (Phi) is 6.64. The molecule has 0 rings (SSSR count). The maximum Gasteiger partial charge on any atom is 0.332 e. The van der Waals surface area contributed by atoms with Gasteiger partial charge >= 0.3 is 5.97 Å². The summed E-state index contributed by atoms with van der Waals surface area (Å²) in [5, 5.41) is 11.1. The Morgan fingerprint density at radius 3 is 2.47 bits per heavy atom. The molecule has 0 saturated carbocycles. The highest BCUT2D eigenvalue weighted by Gasteiger charge is 2.14. The summed E-state index contributed by atoms with van der Waals surface area (Å²) in [4.78, 5) is 21.5. The van der Waals surface area contributed by atoms with Crippen molar-refractivity contribution >= 4 is 11.9 Å². The zero-order chi connectivity index (χ0) is 11.8. The lowest BCUT2D eigenvalue weighted by atomic mass is 10.3. The van der Waals surface area contributed by atoms with Gasteiger partial charge < -0.3 is 19.9 Å². The zero-order valence-electron chi connectivity index (χ0n) is 9.15. The van der Waals surface area contributed by atoms with Crippen molar-refractivity contribution in [3.8, 4) is 0 Å². The Bertz CT molecular complexity index is 219. The molecule has 0 aromatic heterocycles. The van der Waals surface area contributed by atoms with Crippen molar-refractivity contribution in [1.29, 1.82) is 0 Å². The summed E-state index contributed by atoms with van der Waals surface area (Å²) in [5.41, 5.74) is 0. The first-order valence-electron chi connectivity index (χ1n) is 4.60. The number of carbonyl (C=O) groups is 2. The summed E-state index contributed by atoms with van der Waals surface area (Å²) in [7, 11) is 1.53. The predicted molar refractivity (Wildman–Crippen MR) is 52.5 cm³/mol. The van der Waals surface area contributed by atoms with Crippen LogP contribution in [-0.2, 0) is 19.1 Å². The first-order valence-corrected chi connectivity index (χ1v) is 4.60.